The van der Waals surface area contributed by atoms with E-state index in [9.17, 15) is 22.8 Å². The van der Waals surface area contributed by atoms with Crippen LogP contribution < -0.4 is 10.9 Å². The highest BCUT2D eigenvalue weighted by Gasteiger charge is 2.36. The summed E-state index contributed by atoms with van der Waals surface area (Å²) in [7, 11) is 0. The predicted molar refractivity (Wildman–Crippen MR) is 84.0 cm³/mol. The van der Waals surface area contributed by atoms with Crippen molar-refractivity contribution in [3.8, 4) is 0 Å². The number of fused-ring (bicyclic) bond motifs is 1. The Balaban J connectivity index is 1.87. The molecule has 0 spiro atoms. The van der Waals surface area contributed by atoms with Crippen LogP contribution in [0.1, 0.15) is 55.2 Å². The van der Waals surface area contributed by atoms with Crippen molar-refractivity contribution in [2.45, 2.75) is 44.1 Å². The predicted octanol–water partition coefficient (Wildman–Crippen LogP) is 3.18. The number of nitrogens with zero attached hydrogens (tertiary/aromatic N) is 1. The molecule has 25 heavy (non-hydrogen) atoms. The van der Waals surface area contributed by atoms with E-state index in [0.717, 1.165) is 37.8 Å². The molecule has 1 aliphatic heterocycles. The van der Waals surface area contributed by atoms with Crippen LogP contribution in [-0.2, 0) is 4.79 Å². The summed E-state index contributed by atoms with van der Waals surface area (Å²) in [5.41, 5.74) is -0.447. The van der Waals surface area contributed by atoms with E-state index >= 15 is 0 Å². The van der Waals surface area contributed by atoms with Crippen LogP contribution in [-0.4, -0.2) is 15.7 Å². The highest BCUT2D eigenvalue weighted by atomic mass is 19.2. The first-order valence-electron chi connectivity index (χ1n) is 8.25. The summed E-state index contributed by atoms with van der Waals surface area (Å²) in [6.07, 6.45) is 3.59. The number of carbonyl (C=O) groups excluding carboxylic acids is 1. The largest absolute Gasteiger partial charge is 0.311 e. The molecular formula is C17H16F3N3O2. The average Bonchev–Trinajstić information content (AvgIpc) is 3.20. The van der Waals surface area contributed by atoms with Crippen molar-refractivity contribution in [1.29, 1.82) is 0 Å². The lowest BCUT2D eigenvalue weighted by atomic mass is 9.86. The number of amides is 1. The topological polar surface area (TPSA) is 66.9 Å². The van der Waals surface area contributed by atoms with Gasteiger partial charge < -0.3 is 5.32 Å². The Morgan fingerprint density at radius 2 is 1.76 bits per heavy atom. The summed E-state index contributed by atoms with van der Waals surface area (Å²) >= 11 is 0. The summed E-state index contributed by atoms with van der Waals surface area (Å²) in [6, 6.07) is 1.96. The normalized spacial score (nSPS) is 20.6. The zero-order chi connectivity index (χ0) is 17.7. The highest BCUT2D eigenvalue weighted by molar-refractivity contribution is 5.94. The van der Waals surface area contributed by atoms with Crippen LogP contribution >= 0.6 is 0 Å². The molecule has 1 atom stereocenters. The first kappa shape index (κ1) is 16.0. The molecule has 0 saturated heterocycles. The maximum atomic E-state index is 14.2. The van der Waals surface area contributed by atoms with Gasteiger partial charge in [-0.1, -0.05) is 18.9 Å². The summed E-state index contributed by atoms with van der Waals surface area (Å²) in [5, 5.41) is 5.39. The number of carbonyl (C=O) groups is 1. The molecule has 0 bridgehead atoms. The number of benzene rings is 1. The van der Waals surface area contributed by atoms with Gasteiger partial charge in [-0.05, 0) is 24.5 Å². The van der Waals surface area contributed by atoms with E-state index < -0.39 is 34.8 Å². The van der Waals surface area contributed by atoms with Gasteiger partial charge in [-0.15, -0.1) is 0 Å². The Kier molecular flexibility index (Phi) is 3.70. The van der Waals surface area contributed by atoms with Gasteiger partial charge >= 0.3 is 0 Å². The molecule has 2 heterocycles. The van der Waals surface area contributed by atoms with E-state index in [2.05, 4.69) is 10.4 Å². The summed E-state index contributed by atoms with van der Waals surface area (Å²) in [4.78, 5) is 24.6. The van der Waals surface area contributed by atoms with Gasteiger partial charge in [-0.25, -0.2) is 13.2 Å². The highest BCUT2D eigenvalue weighted by Crippen LogP contribution is 2.40. The van der Waals surface area contributed by atoms with Crippen molar-refractivity contribution in [3.63, 3.8) is 0 Å². The SMILES string of the molecule is O=C1C[C@@H](c2ccc(F)c(F)c2F)c2c(n(C3CCCC3)[nH]c2=O)N1. The van der Waals surface area contributed by atoms with Crippen molar-refractivity contribution in [3.05, 3.63) is 51.1 Å². The molecule has 2 aromatic rings. The van der Waals surface area contributed by atoms with Crippen LogP contribution in [0.25, 0.3) is 0 Å². The zero-order valence-electron chi connectivity index (χ0n) is 13.2. The number of aromatic amines is 1. The van der Waals surface area contributed by atoms with Gasteiger partial charge in [-0.3, -0.25) is 19.4 Å². The fourth-order valence-electron chi connectivity index (χ4n) is 3.90. The molecule has 2 N–H and O–H groups in total. The fraction of sp³-hybridized carbons (Fsp3) is 0.412. The van der Waals surface area contributed by atoms with Gasteiger partial charge in [0.05, 0.1) is 11.6 Å². The van der Waals surface area contributed by atoms with Gasteiger partial charge in [0.2, 0.25) is 5.91 Å². The maximum Gasteiger partial charge on any atom is 0.270 e. The van der Waals surface area contributed by atoms with E-state index in [1.54, 1.807) is 4.68 Å². The number of halogens is 3. The van der Waals surface area contributed by atoms with Gasteiger partial charge in [0.15, 0.2) is 17.5 Å². The molecule has 0 unspecified atom stereocenters. The Morgan fingerprint density at radius 3 is 2.48 bits per heavy atom. The van der Waals surface area contributed by atoms with Crippen LogP contribution in [0.2, 0.25) is 0 Å². The third-order valence-corrected chi connectivity index (χ3v) is 5.09. The zero-order valence-corrected chi connectivity index (χ0v) is 13.2. The van der Waals surface area contributed by atoms with E-state index in [4.69, 9.17) is 0 Å². The van der Waals surface area contributed by atoms with Gasteiger partial charge in [0.25, 0.3) is 5.56 Å². The first-order chi connectivity index (χ1) is 12.0. The van der Waals surface area contributed by atoms with E-state index in [1.165, 1.54) is 0 Å². The Labute approximate surface area is 140 Å². The second-order valence-electron chi connectivity index (χ2n) is 6.58. The third-order valence-electron chi connectivity index (χ3n) is 5.09. The second-order valence-corrected chi connectivity index (χ2v) is 6.58. The van der Waals surface area contributed by atoms with Crippen LogP contribution in [0, 0.1) is 17.5 Å². The number of rotatable bonds is 2. The molecular weight excluding hydrogens is 335 g/mol. The Bertz CT molecular complexity index is 913. The minimum Gasteiger partial charge on any atom is -0.311 e. The van der Waals surface area contributed by atoms with Crippen LogP contribution in [0.15, 0.2) is 16.9 Å². The van der Waals surface area contributed by atoms with E-state index in [-0.39, 0.29) is 23.6 Å². The molecule has 2 aliphatic rings. The second kappa shape index (κ2) is 5.79. The van der Waals surface area contributed by atoms with E-state index in [0.29, 0.717) is 5.82 Å². The number of nitrogens with one attached hydrogen (secondary N) is 2. The number of H-pyrrole nitrogens is 1. The lowest BCUT2D eigenvalue weighted by Gasteiger charge is -2.25. The first-order valence-corrected chi connectivity index (χ1v) is 8.25. The molecule has 1 aromatic carbocycles. The molecule has 1 aliphatic carbocycles. The molecule has 132 valence electrons. The monoisotopic (exact) mass is 351 g/mol. The van der Waals surface area contributed by atoms with Crippen LogP contribution in [0.4, 0.5) is 19.0 Å². The van der Waals surface area contributed by atoms with Crippen molar-refractivity contribution in [2.24, 2.45) is 0 Å². The molecule has 4 rings (SSSR count). The number of aromatic nitrogens is 2. The molecule has 5 nitrogen and oxygen atoms in total. The lowest BCUT2D eigenvalue weighted by molar-refractivity contribution is -0.116. The molecule has 1 aromatic heterocycles. The third kappa shape index (κ3) is 2.47. The lowest BCUT2D eigenvalue weighted by Crippen LogP contribution is -2.28. The molecule has 1 fully saturated rings. The molecule has 1 amide bonds. The standard InChI is InChI=1S/C17H16F3N3O2/c18-11-6-5-9(14(19)15(11)20)10-7-12(24)21-16-13(10)17(25)22-23(16)8-3-1-2-4-8/h5-6,8,10H,1-4,7H2,(H,21,24)(H,22,25)/t10-/m0/s1. The smallest absolute Gasteiger partial charge is 0.270 e. The molecule has 1 saturated carbocycles. The quantitative estimate of drug-likeness (QED) is 0.816. The number of hydrogen-bond donors (Lipinski definition) is 2. The van der Waals surface area contributed by atoms with Gasteiger partial charge in [0, 0.05) is 12.3 Å². The van der Waals surface area contributed by atoms with E-state index in [1.807, 2.05) is 0 Å². The van der Waals surface area contributed by atoms with Crippen molar-refractivity contribution in [2.75, 3.05) is 5.32 Å². The van der Waals surface area contributed by atoms with Crippen LogP contribution in [0.5, 0.6) is 0 Å². The van der Waals surface area contributed by atoms with Crippen molar-refractivity contribution < 1.29 is 18.0 Å². The summed E-state index contributed by atoms with van der Waals surface area (Å²) < 4.78 is 42.7. The Morgan fingerprint density at radius 1 is 1.04 bits per heavy atom. The van der Waals surface area contributed by atoms with Crippen LogP contribution in [0.3, 0.4) is 0 Å². The van der Waals surface area contributed by atoms with Crippen molar-refractivity contribution >= 4 is 11.7 Å². The maximum absolute atomic E-state index is 14.2. The molecule has 8 heteroatoms. The van der Waals surface area contributed by atoms with Gasteiger partial charge in [-0.2, -0.15) is 0 Å². The fourth-order valence-corrected chi connectivity index (χ4v) is 3.90. The number of hydrogen-bond acceptors (Lipinski definition) is 2. The number of anilines is 1. The minimum absolute atomic E-state index is 0.0605. The van der Waals surface area contributed by atoms with Crippen molar-refractivity contribution in [1.82, 2.24) is 9.78 Å². The summed E-state index contributed by atoms with van der Waals surface area (Å²) in [6.45, 7) is 0. The Hall–Kier alpha value is -2.51. The molecule has 0 radical (unpaired) electrons. The van der Waals surface area contributed by atoms with Gasteiger partial charge in [0.1, 0.15) is 5.82 Å². The average molecular weight is 351 g/mol. The summed E-state index contributed by atoms with van der Waals surface area (Å²) in [5.74, 6) is -5.31. The minimum atomic E-state index is -1.60.